The fraction of sp³-hybridized carbons (Fsp3) is 0.333. The maximum absolute atomic E-state index is 13.3. The summed E-state index contributed by atoms with van der Waals surface area (Å²) in [6.07, 6.45) is 0. The van der Waals surface area contributed by atoms with Crippen LogP contribution in [0.15, 0.2) is 0 Å². The summed E-state index contributed by atoms with van der Waals surface area (Å²) in [5, 5.41) is -3.97. The highest BCUT2D eigenvalue weighted by Gasteiger charge is 2.90. The molecule has 1 aromatic carbocycles. The summed E-state index contributed by atoms with van der Waals surface area (Å²) in [7, 11) is -9.35. The quantitative estimate of drug-likeness (QED) is 0.284. The van der Waals surface area contributed by atoms with Crippen LogP contribution in [0.4, 0.5) is 61.5 Å². The molecule has 15 heteroatoms. The Morgan fingerprint density at radius 1 is 0.417 bits per heavy atom. The molecule has 1 aromatic rings. The molecule has 0 aliphatic carbocycles. The third-order valence-electron chi connectivity index (χ3n) is 2.86. The largest absolute Gasteiger partial charge is 0.458 e. The lowest BCUT2D eigenvalue weighted by Crippen LogP contribution is -2.80. The Labute approximate surface area is 122 Å². The smallest absolute Gasteiger partial charge is 0.204 e. The number of halogens is 14. The molecule has 1 rings (SSSR count). The van der Waals surface area contributed by atoms with Crippen LogP contribution in [0.5, 0.6) is 0 Å². The number of hydrogen-bond acceptors (Lipinski definition) is 0. The first-order valence-corrected chi connectivity index (χ1v) is 7.15. The molecular formula is C9F14Si. The highest BCUT2D eigenvalue weighted by Crippen LogP contribution is 2.50. The molecule has 0 N–H and O–H groups in total. The van der Waals surface area contributed by atoms with Crippen molar-refractivity contribution in [1.29, 1.82) is 0 Å². The summed E-state index contributed by atoms with van der Waals surface area (Å²) in [4.78, 5) is 0. The van der Waals surface area contributed by atoms with Crippen molar-refractivity contribution in [3.05, 3.63) is 29.1 Å². The molecular weight excluding hydrogens is 402 g/mol. The lowest BCUT2D eigenvalue weighted by molar-refractivity contribution is -0.159. The molecule has 0 aliphatic rings. The standard InChI is InChI=1S/C9F14Si/c10-1-2(11)4(13)6(5(14)3(1)12)24(7(15,16)17,8(18,19)20)9(21,22)23. The van der Waals surface area contributed by atoms with Crippen molar-refractivity contribution in [2.45, 2.75) is 17.4 Å². The summed E-state index contributed by atoms with van der Waals surface area (Å²) >= 11 is 0. The van der Waals surface area contributed by atoms with Crippen LogP contribution < -0.4 is 5.19 Å². The molecule has 0 amide bonds. The highest BCUT2D eigenvalue weighted by molar-refractivity contribution is 6.96. The zero-order valence-electron chi connectivity index (χ0n) is 10.3. The van der Waals surface area contributed by atoms with Crippen LogP contribution >= 0.6 is 0 Å². The van der Waals surface area contributed by atoms with Crippen LogP contribution in [0, 0.1) is 29.1 Å². The van der Waals surface area contributed by atoms with Gasteiger partial charge in [-0.1, -0.05) is 0 Å². The minimum absolute atomic E-state index is 3.21. The Hall–Kier alpha value is -1.54. The van der Waals surface area contributed by atoms with Gasteiger partial charge in [-0.3, -0.25) is 0 Å². The van der Waals surface area contributed by atoms with E-state index in [1.54, 1.807) is 0 Å². The van der Waals surface area contributed by atoms with Gasteiger partial charge < -0.3 is 0 Å². The van der Waals surface area contributed by atoms with Gasteiger partial charge in [0.1, 0.15) is 0 Å². The van der Waals surface area contributed by atoms with E-state index in [4.69, 9.17) is 0 Å². The first kappa shape index (κ1) is 20.5. The number of hydrogen-bond donors (Lipinski definition) is 0. The van der Waals surface area contributed by atoms with E-state index in [0.29, 0.717) is 0 Å². The van der Waals surface area contributed by atoms with Gasteiger partial charge in [0.2, 0.25) is 5.82 Å². The van der Waals surface area contributed by atoms with Gasteiger partial charge in [-0.25, -0.2) is 22.0 Å². The van der Waals surface area contributed by atoms with E-state index >= 15 is 0 Å². The van der Waals surface area contributed by atoms with Crippen LogP contribution in [0.2, 0.25) is 0 Å². The SMILES string of the molecule is Fc1c(F)c(F)c([Si](C(F)(F)F)(C(F)(F)F)C(F)(F)F)c(F)c1F. The van der Waals surface area contributed by atoms with Crippen molar-refractivity contribution in [1.82, 2.24) is 0 Å². The summed E-state index contributed by atoms with van der Waals surface area (Å²) in [5.41, 5.74) is 0. The molecule has 0 spiro atoms. The summed E-state index contributed by atoms with van der Waals surface area (Å²) in [6, 6.07) is 0. The van der Waals surface area contributed by atoms with Gasteiger partial charge in [-0.05, 0) is 0 Å². The molecule has 0 fully saturated rings. The lowest BCUT2D eigenvalue weighted by atomic mass is 10.3. The maximum Gasteiger partial charge on any atom is 0.458 e. The van der Waals surface area contributed by atoms with Gasteiger partial charge in [-0.2, -0.15) is 39.5 Å². The topological polar surface area (TPSA) is 0 Å². The maximum atomic E-state index is 13.3. The Balaban J connectivity index is 4.27. The van der Waals surface area contributed by atoms with Gasteiger partial charge >= 0.3 is 25.5 Å². The second-order valence-electron chi connectivity index (χ2n) is 4.19. The molecule has 0 bridgehead atoms. The minimum atomic E-state index is -9.35. The second kappa shape index (κ2) is 5.49. The monoisotopic (exact) mass is 402 g/mol. The van der Waals surface area contributed by atoms with Crippen molar-refractivity contribution < 1.29 is 61.5 Å². The molecule has 0 nitrogen and oxygen atoms in total. The van der Waals surface area contributed by atoms with E-state index in [9.17, 15) is 61.5 Å². The van der Waals surface area contributed by atoms with Gasteiger partial charge in [-0.15, -0.1) is 0 Å². The van der Waals surface area contributed by atoms with Gasteiger partial charge in [0.15, 0.2) is 23.3 Å². The van der Waals surface area contributed by atoms with Gasteiger partial charge in [0.05, 0.1) is 0 Å². The molecule has 0 radical (unpaired) electrons. The summed E-state index contributed by atoms with van der Waals surface area (Å²) in [5.74, 6) is -39.8. The fourth-order valence-electron chi connectivity index (χ4n) is 1.84. The molecule has 0 heterocycles. The normalized spacial score (nSPS) is 14.2. The number of alkyl halides is 9. The van der Waals surface area contributed by atoms with E-state index in [1.165, 1.54) is 0 Å². The van der Waals surface area contributed by atoms with Gasteiger partial charge in [0, 0.05) is 5.19 Å². The zero-order chi connectivity index (χ0) is 19.5. The Kier molecular flexibility index (Phi) is 4.69. The Morgan fingerprint density at radius 3 is 0.833 bits per heavy atom. The molecule has 0 atom stereocenters. The predicted octanol–water partition coefficient (Wildman–Crippen LogP) is 4.34. The van der Waals surface area contributed by atoms with Crippen LogP contribution in [-0.4, -0.2) is 25.5 Å². The summed E-state index contributed by atoms with van der Waals surface area (Å²) < 4.78 is 180. The molecule has 138 valence electrons. The van der Waals surface area contributed by atoms with Crippen molar-refractivity contribution in [3.8, 4) is 0 Å². The first-order chi connectivity index (χ1) is 10.4. The zero-order valence-corrected chi connectivity index (χ0v) is 11.3. The average molecular weight is 402 g/mol. The van der Waals surface area contributed by atoms with E-state index in [1.807, 2.05) is 0 Å². The van der Waals surface area contributed by atoms with E-state index in [2.05, 4.69) is 0 Å². The van der Waals surface area contributed by atoms with Crippen LogP contribution in [0.25, 0.3) is 0 Å². The Bertz CT molecular complexity index is 585. The van der Waals surface area contributed by atoms with Crippen molar-refractivity contribution in [2.24, 2.45) is 0 Å². The number of rotatable bonds is 1. The summed E-state index contributed by atoms with van der Waals surface area (Å²) in [6.45, 7) is 0. The Morgan fingerprint density at radius 2 is 0.625 bits per heavy atom. The minimum Gasteiger partial charge on any atom is -0.204 e. The van der Waals surface area contributed by atoms with Crippen molar-refractivity contribution in [3.63, 3.8) is 0 Å². The van der Waals surface area contributed by atoms with E-state index in [-0.39, 0.29) is 0 Å². The molecule has 0 aliphatic heterocycles. The second-order valence-corrected chi connectivity index (χ2v) is 7.89. The van der Waals surface area contributed by atoms with Crippen molar-refractivity contribution in [2.75, 3.05) is 0 Å². The van der Waals surface area contributed by atoms with E-state index in [0.717, 1.165) is 0 Å². The molecule has 0 saturated heterocycles. The number of benzene rings is 1. The van der Waals surface area contributed by atoms with Crippen LogP contribution in [-0.2, 0) is 0 Å². The predicted molar refractivity (Wildman–Crippen MR) is 49.8 cm³/mol. The lowest BCUT2D eigenvalue weighted by Gasteiger charge is -2.36. The van der Waals surface area contributed by atoms with Crippen molar-refractivity contribution >= 4 is 13.3 Å². The third kappa shape index (κ3) is 2.52. The molecule has 24 heavy (non-hydrogen) atoms. The average Bonchev–Trinajstić information content (AvgIpc) is 2.34. The highest BCUT2D eigenvalue weighted by atomic mass is 28.3. The van der Waals surface area contributed by atoms with Gasteiger partial charge in [0.25, 0.3) is 0 Å². The first-order valence-electron chi connectivity index (χ1n) is 5.15. The third-order valence-corrected chi connectivity index (χ3v) is 6.60. The molecule has 0 saturated carbocycles. The molecule has 0 unspecified atom stereocenters. The fourth-order valence-corrected chi connectivity index (χ4v) is 4.53. The van der Waals surface area contributed by atoms with Crippen LogP contribution in [0.1, 0.15) is 0 Å². The van der Waals surface area contributed by atoms with E-state index < -0.39 is 59.7 Å². The van der Waals surface area contributed by atoms with Crippen LogP contribution in [0.3, 0.4) is 0 Å². The molecule has 0 aromatic heterocycles.